The fourth-order valence-corrected chi connectivity index (χ4v) is 5.52. The van der Waals surface area contributed by atoms with Gasteiger partial charge in [-0.3, -0.25) is 9.59 Å². The summed E-state index contributed by atoms with van der Waals surface area (Å²) in [6, 6.07) is 67.5. The summed E-state index contributed by atoms with van der Waals surface area (Å²) in [6.07, 6.45) is 5.60. The Labute approximate surface area is 368 Å². The third-order valence-electron chi connectivity index (χ3n) is 8.91. The van der Waals surface area contributed by atoms with Crippen LogP contribution in [0.25, 0.3) is 11.1 Å². The Bertz CT molecular complexity index is 2150. The van der Waals surface area contributed by atoms with Crippen LogP contribution in [0.5, 0.6) is 5.75 Å². The highest BCUT2D eigenvalue weighted by Gasteiger charge is 2.09. The Morgan fingerprint density at radius 3 is 1.45 bits per heavy atom. The number of aldehydes is 1. The minimum Gasteiger partial charge on any atom is -0.507 e. The zero-order valence-electron chi connectivity index (χ0n) is 35.8. The normalized spacial score (nSPS) is 10.5. The van der Waals surface area contributed by atoms with Crippen molar-refractivity contribution in [2.75, 3.05) is 6.61 Å². The summed E-state index contributed by atoms with van der Waals surface area (Å²) >= 11 is 0. The maximum absolute atomic E-state index is 11.0. The molecule has 0 radical (unpaired) electrons. The zero-order chi connectivity index (χ0) is 45.0. The smallest absolute Gasteiger partial charge is 0.228 e. The molecule has 6 nitrogen and oxygen atoms in total. The van der Waals surface area contributed by atoms with Gasteiger partial charge >= 0.3 is 0 Å². The van der Waals surface area contributed by atoms with Crippen LogP contribution in [0.4, 0.5) is 0 Å². The Balaban J connectivity index is 0.000000259. The van der Waals surface area contributed by atoms with Crippen molar-refractivity contribution in [1.29, 1.82) is 0 Å². The summed E-state index contributed by atoms with van der Waals surface area (Å²) < 4.78 is 0. The Kier molecular flexibility index (Phi) is 27.1. The number of Topliss-reactive ketones (excluding diaryl/α,β-unsaturated/α-hetero) is 2. The first-order chi connectivity index (χ1) is 30.2. The van der Waals surface area contributed by atoms with Crippen LogP contribution in [0.3, 0.4) is 0 Å². The van der Waals surface area contributed by atoms with Gasteiger partial charge in [-0.1, -0.05) is 219 Å². The van der Waals surface area contributed by atoms with Crippen LogP contribution in [0.1, 0.15) is 72.2 Å². The predicted molar refractivity (Wildman–Crippen MR) is 255 cm³/mol. The van der Waals surface area contributed by atoms with Crippen molar-refractivity contribution >= 4 is 17.9 Å². The van der Waals surface area contributed by atoms with Crippen LogP contribution in [0, 0.1) is 0 Å². The second-order valence-corrected chi connectivity index (χ2v) is 13.6. The van der Waals surface area contributed by atoms with Gasteiger partial charge in [-0.2, -0.15) is 0 Å². The minimum atomic E-state index is -0.425. The molecule has 0 aromatic heterocycles. The van der Waals surface area contributed by atoms with Crippen molar-refractivity contribution in [1.82, 2.24) is 0 Å². The number of ketones is 2. The molecule has 3 N–H and O–H groups in total. The lowest BCUT2D eigenvalue weighted by molar-refractivity contribution is -0.113. The van der Waals surface area contributed by atoms with Gasteiger partial charge in [0.15, 0.2) is 5.78 Å². The lowest BCUT2D eigenvalue weighted by atomic mass is 9.97. The molecule has 320 valence electrons. The van der Waals surface area contributed by atoms with Gasteiger partial charge in [0, 0.05) is 37.0 Å². The highest BCUT2D eigenvalue weighted by atomic mass is 16.3. The van der Waals surface area contributed by atoms with Crippen LogP contribution < -0.4 is 0 Å². The summed E-state index contributed by atoms with van der Waals surface area (Å²) in [5.41, 5.74) is 5.84. The molecule has 0 aliphatic rings. The highest BCUT2D eigenvalue weighted by Crippen LogP contribution is 2.27. The molecule has 0 saturated heterocycles. The van der Waals surface area contributed by atoms with E-state index in [9.17, 15) is 24.6 Å². The third-order valence-corrected chi connectivity index (χ3v) is 8.91. The van der Waals surface area contributed by atoms with Crippen molar-refractivity contribution in [3.05, 3.63) is 247 Å². The molecule has 0 amide bonds. The second kappa shape index (κ2) is 32.8. The van der Waals surface area contributed by atoms with E-state index in [2.05, 4.69) is 18.7 Å². The summed E-state index contributed by atoms with van der Waals surface area (Å²) in [4.78, 5) is 31.9. The van der Waals surface area contributed by atoms with E-state index in [-0.39, 0.29) is 18.6 Å². The van der Waals surface area contributed by atoms with Crippen molar-refractivity contribution in [3.8, 4) is 16.9 Å². The average Bonchev–Trinajstić information content (AvgIpc) is 3.35. The number of aliphatic hydroxyl groups is 2. The summed E-state index contributed by atoms with van der Waals surface area (Å²) in [7, 11) is 0. The number of allylic oxidation sites excluding steroid dienone is 1. The van der Waals surface area contributed by atoms with Gasteiger partial charge in [0.1, 0.15) is 12.0 Å². The number of aliphatic hydroxyl groups excluding tert-OH is 2. The molecule has 0 fully saturated rings. The molecule has 0 aliphatic carbocycles. The molecule has 0 bridgehead atoms. The first-order valence-corrected chi connectivity index (χ1v) is 20.7. The first-order valence-electron chi connectivity index (χ1n) is 20.7. The number of phenols is 1. The van der Waals surface area contributed by atoms with Crippen LogP contribution in [-0.4, -0.2) is 39.8 Å². The van der Waals surface area contributed by atoms with E-state index >= 15 is 0 Å². The standard InChI is InChI=1S/C12H10O.C11H12O.C9H8O2.2C9H12O.C6H6/c13-12-9-5-4-8-11(12)10-6-2-1-3-7-10;1-2-10(8-9-12)11-6-4-3-5-7-11;1-7(10)9(11)8-5-3-2-4-6-8;1-2-9(10)8-6-4-3-5-7-8;10-8-4-7-9-5-2-1-3-6-9;1-2-4-6-5-3-1/h1-9,13H;2-7,9-10H,1,8H2;2-6H,1H3;3-7,9-10H,2H2,1H3;1-3,5-6,10H,4,7-8H2;1-6H. The molecule has 7 aromatic carbocycles. The van der Waals surface area contributed by atoms with E-state index in [1.165, 1.54) is 12.5 Å². The van der Waals surface area contributed by atoms with Crippen molar-refractivity contribution in [3.63, 3.8) is 0 Å². The number of benzene rings is 7. The number of phenolic OH excluding ortho intramolecular Hbond substituents is 1. The molecule has 62 heavy (non-hydrogen) atoms. The zero-order valence-corrected chi connectivity index (χ0v) is 35.8. The van der Waals surface area contributed by atoms with Crippen molar-refractivity contribution in [2.45, 2.75) is 51.6 Å². The Hall–Kier alpha value is -6.99. The van der Waals surface area contributed by atoms with Gasteiger partial charge in [-0.15, -0.1) is 6.58 Å². The quantitative estimate of drug-likeness (QED) is 0.0489. The van der Waals surface area contributed by atoms with Crippen LogP contribution in [0.15, 0.2) is 225 Å². The van der Waals surface area contributed by atoms with E-state index in [1.54, 1.807) is 36.4 Å². The average molecular weight is 829 g/mol. The van der Waals surface area contributed by atoms with Crippen molar-refractivity contribution < 1.29 is 29.7 Å². The Morgan fingerprint density at radius 2 is 1.02 bits per heavy atom. The second-order valence-electron chi connectivity index (χ2n) is 13.6. The van der Waals surface area contributed by atoms with Gasteiger partial charge < -0.3 is 20.1 Å². The fourth-order valence-electron chi connectivity index (χ4n) is 5.52. The predicted octanol–water partition coefficient (Wildman–Crippen LogP) is 12.5. The monoisotopic (exact) mass is 828 g/mol. The molecule has 7 rings (SSSR count). The maximum Gasteiger partial charge on any atom is 0.228 e. The number of rotatable bonds is 12. The lowest BCUT2D eigenvalue weighted by Crippen LogP contribution is -2.08. The van der Waals surface area contributed by atoms with Gasteiger partial charge in [0.2, 0.25) is 5.78 Å². The van der Waals surface area contributed by atoms with E-state index in [1.807, 2.05) is 177 Å². The summed E-state index contributed by atoms with van der Waals surface area (Å²) in [5.74, 6) is -0.348. The number of carbonyl (C=O) groups is 3. The van der Waals surface area contributed by atoms with E-state index in [0.717, 1.165) is 47.8 Å². The first kappa shape index (κ1) is 51.2. The van der Waals surface area contributed by atoms with Crippen LogP contribution in [-0.2, 0) is 16.0 Å². The summed E-state index contributed by atoms with van der Waals surface area (Å²) in [6.45, 7) is 7.23. The van der Waals surface area contributed by atoms with E-state index in [4.69, 9.17) is 5.11 Å². The lowest BCUT2D eigenvalue weighted by Gasteiger charge is -2.07. The van der Waals surface area contributed by atoms with Gasteiger partial charge in [-0.25, -0.2) is 0 Å². The molecular weight excluding hydrogens is 769 g/mol. The molecule has 2 atom stereocenters. The molecule has 2 unspecified atom stereocenters. The van der Waals surface area contributed by atoms with Crippen molar-refractivity contribution in [2.24, 2.45) is 0 Å². The number of carbonyl (C=O) groups excluding carboxylic acids is 3. The van der Waals surface area contributed by atoms with Gasteiger partial charge in [0.25, 0.3) is 0 Å². The SMILES string of the molecule is C=CC(CC=O)c1ccccc1.CC(=O)C(=O)c1ccccc1.CCC(O)c1ccccc1.OCCCc1ccccc1.Oc1ccccc1-c1ccccc1.c1ccccc1. The third kappa shape index (κ3) is 21.9. The van der Waals surface area contributed by atoms with Gasteiger partial charge in [0.05, 0.1) is 6.10 Å². The molecule has 0 spiro atoms. The molecule has 0 saturated carbocycles. The number of aryl methyl sites for hydroxylation is 1. The molecule has 0 aliphatic heterocycles. The van der Waals surface area contributed by atoms with E-state index in [0.29, 0.717) is 17.7 Å². The molecule has 7 aromatic rings. The topological polar surface area (TPSA) is 112 Å². The van der Waals surface area contributed by atoms with Gasteiger partial charge in [-0.05, 0) is 47.6 Å². The number of hydrogen-bond acceptors (Lipinski definition) is 6. The molecule has 0 heterocycles. The molecule has 6 heteroatoms. The Morgan fingerprint density at radius 1 is 0.597 bits per heavy atom. The molecular formula is C56H60O6. The van der Waals surface area contributed by atoms with E-state index < -0.39 is 11.6 Å². The summed E-state index contributed by atoms with van der Waals surface area (Å²) in [5, 5.41) is 27.4. The highest BCUT2D eigenvalue weighted by molar-refractivity contribution is 6.42. The maximum atomic E-state index is 11.0. The number of aromatic hydroxyl groups is 1. The fraction of sp³-hybridized carbons (Fsp3) is 0.161. The number of para-hydroxylation sites is 1. The van der Waals surface area contributed by atoms with Crippen LogP contribution in [0.2, 0.25) is 0 Å². The largest absolute Gasteiger partial charge is 0.507 e. The minimum absolute atomic E-state index is 0.170. The van der Waals surface area contributed by atoms with Crippen LogP contribution >= 0.6 is 0 Å². The number of hydrogen-bond donors (Lipinski definition) is 3.